The highest BCUT2D eigenvalue weighted by Gasteiger charge is 2.18. The van der Waals surface area contributed by atoms with Gasteiger partial charge in [-0.05, 0) is 18.2 Å². The van der Waals surface area contributed by atoms with Gasteiger partial charge in [-0.15, -0.1) is 0 Å². The van der Waals surface area contributed by atoms with Crippen molar-refractivity contribution in [2.24, 2.45) is 5.73 Å². The standard InChI is InChI=1S/C14H11N3O4/c15-13(16)9-5-7-10(8-6-9)14(18)21-12-4-2-1-3-11(12)17(19)20/h1-8H,(H3,15,16). The third-order valence-electron chi connectivity index (χ3n) is 2.70. The quantitative estimate of drug-likeness (QED) is 0.222. The summed E-state index contributed by atoms with van der Waals surface area (Å²) in [5.74, 6) is -0.962. The van der Waals surface area contributed by atoms with Crippen molar-refractivity contribution < 1.29 is 14.5 Å². The highest BCUT2D eigenvalue weighted by Crippen LogP contribution is 2.26. The lowest BCUT2D eigenvalue weighted by molar-refractivity contribution is -0.385. The summed E-state index contributed by atoms with van der Waals surface area (Å²) in [5, 5.41) is 18.1. The van der Waals surface area contributed by atoms with E-state index < -0.39 is 10.9 Å². The number of nitrogens with one attached hydrogen (secondary N) is 1. The first-order valence-corrected chi connectivity index (χ1v) is 5.89. The summed E-state index contributed by atoms with van der Waals surface area (Å²) < 4.78 is 5.03. The zero-order valence-corrected chi connectivity index (χ0v) is 10.8. The Labute approximate surface area is 119 Å². The van der Waals surface area contributed by atoms with E-state index in [4.69, 9.17) is 15.9 Å². The van der Waals surface area contributed by atoms with Crippen LogP contribution in [0.25, 0.3) is 0 Å². The number of carbonyl (C=O) groups is 1. The van der Waals surface area contributed by atoms with E-state index in [0.29, 0.717) is 5.56 Å². The summed E-state index contributed by atoms with van der Waals surface area (Å²) in [6.07, 6.45) is 0. The van der Waals surface area contributed by atoms with Crippen LogP contribution in [-0.4, -0.2) is 16.7 Å². The summed E-state index contributed by atoms with van der Waals surface area (Å²) in [4.78, 5) is 22.2. The second kappa shape index (κ2) is 5.83. The zero-order valence-electron chi connectivity index (χ0n) is 10.8. The van der Waals surface area contributed by atoms with Crippen molar-refractivity contribution >= 4 is 17.5 Å². The number of nitro groups is 1. The molecule has 0 saturated carbocycles. The van der Waals surface area contributed by atoms with Crippen LogP contribution in [0.5, 0.6) is 5.75 Å². The third-order valence-corrected chi connectivity index (χ3v) is 2.70. The van der Waals surface area contributed by atoms with Crippen LogP contribution in [0.1, 0.15) is 15.9 Å². The number of nitrogens with zero attached hydrogens (tertiary/aromatic N) is 1. The van der Waals surface area contributed by atoms with E-state index in [2.05, 4.69) is 0 Å². The van der Waals surface area contributed by atoms with Crippen LogP contribution in [0.4, 0.5) is 5.69 Å². The lowest BCUT2D eigenvalue weighted by atomic mass is 10.1. The highest BCUT2D eigenvalue weighted by molar-refractivity contribution is 5.97. The topological polar surface area (TPSA) is 119 Å². The van der Waals surface area contributed by atoms with E-state index in [9.17, 15) is 14.9 Å². The fourth-order valence-electron chi connectivity index (χ4n) is 1.64. The monoisotopic (exact) mass is 285 g/mol. The van der Waals surface area contributed by atoms with Crippen LogP contribution in [0.3, 0.4) is 0 Å². The van der Waals surface area contributed by atoms with Gasteiger partial charge in [-0.2, -0.15) is 0 Å². The van der Waals surface area contributed by atoms with E-state index in [1.807, 2.05) is 0 Å². The summed E-state index contributed by atoms with van der Waals surface area (Å²) >= 11 is 0. The first-order valence-electron chi connectivity index (χ1n) is 5.89. The molecule has 0 fully saturated rings. The molecule has 0 bridgehead atoms. The molecular formula is C14H11N3O4. The van der Waals surface area contributed by atoms with E-state index in [1.165, 1.54) is 48.5 Å². The van der Waals surface area contributed by atoms with Gasteiger partial charge in [0.15, 0.2) is 0 Å². The van der Waals surface area contributed by atoms with Crippen molar-refractivity contribution in [3.05, 3.63) is 69.8 Å². The Morgan fingerprint density at radius 3 is 2.24 bits per heavy atom. The molecule has 0 amide bonds. The Balaban J connectivity index is 2.22. The number of carbonyl (C=O) groups excluding carboxylic acids is 1. The van der Waals surface area contributed by atoms with Gasteiger partial charge in [-0.1, -0.05) is 24.3 Å². The molecule has 0 unspecified atom stereocenters. The van der Waals surface area contributed by atoms with Gasteiger partial charge in [-0.25, -0.2) is 4.79 Å². The fourth-order valence-corrected chi connectivity index (χ4v) is 1.64. The van der Waals surface area contributed by atoms with Gasteiger partial charge in [0.25, 0.3) is 0 Å². The molecule has 21 heavy (non-hydrogen) atoms. The van der Waals surface area contributed by atoms with Crippen LogP contribution in [0, 0.1) is 15.5 Å². The predicted octanol–water partition coefficient (Wildman–Crippen LogP) is 2.10. The number of ether oxygens (including phenoxy) is 1. The Hall–Kier alpha value is -3.22. The van der Waals surface area contributed by atoms with Gasteiger partial charge < -0.3 is 10.5 Å². The first-order chi connectivity index (χ1) is 9.99. The van der Waals surface area contributed by atoms with Gasteiger partial charge >= 0.3 is 11.7 Å². The number of nitrogens with two attached hydrogens (primary N) is 1. The highest BCUT2D eigenvalue weighted by atomic mass is 16.6. The van der Waals surface area contributed by atoms with Crippen LogP contribution < -0.4 is 10.5 Å². The molecule has 0 aliphatic heterocycles. The molecule has 0 radical (unpaired) electrons. The molecule has 2 rings (SSSR count). The third kappa shape index (κ3) is 3.21. The second-order valence-electron chi connectivity index (χ2n) is 4.11. The van der Waals surface area contributed by atoms with Crippen molar-refractivity contribution in [2.45, 2.75) is 0 Å². The lowest BCUT2D eigenvalue weighted by Crippen LogP contribution is -2.13. The molecule has 2 aromatic carbocycles. The maximum atomic E-state index is 11.9. The minimum atomic E-state index is -0.723. The van der Waals surface area contributed by atoms with Crippen LogP contribution in [-0.2, 0) is 0 Å². The summed E-state index contributed by atoms with van der Waals surface area (Å²) in [5.41, 5.74) is 5.70. The Bertz CT molecular complexity index is 710. The molecule has 0 aromatic heterocycles. The number of rotatable bonds is 4. The van der Waals surface area contributed by atoms with Gasteiger partial charge in [0, 0.05) is 11.6 Å². The average Bonchev–Trinajstić information content (AvgIpc) is 2.47. The molecule has 106 valence electrons. The van der Waals surface area contributed by atoms with Crippen molar-refractivity contribution in [1.29, 1.82) is 5.41 Å². The van der Waals surface area contributed by atoms with E-state index in [-0.39, 0.29) is 22.8 Å². The minimum absolute atomic E-state index is 0.117. The van der Waals surface area contributed by atoms with Gasteiger partial charge in [0.05, 0.1) is 10.5 Å². The molecule has 0 saturated heterocycles. The van der Waals surface area contributed by atoms with Crippen LogP contribution in [0.2, 0.25) is 0 Å². The number of hydrogen-bond acceptors (Lipinski definition) is 5. The van der Waals surface area contributed by atoms with E-state index >= 15 is 0 Å². The summed E-state index contributed by atoms with van der Waals surface area (Å²) in [6.45, 7) is 0. The van der Waals surface area contributed by atoms with Gasteiger partial charge in [0.1, 0.15) is 5.84 Å². The molecule has 0 atom stereocenters. The maximum Gasteiger partial charge on any atom is 0.343 e. The summed E-state index contributed by atoms with van der Waals surface area (Å²) in [7, 11) is 0. The van der Waals surface area contributed by atoms with Crippen LogP contribution >= 0.6 is 0 Å². The minimum Gasteiger partial charge on any atom is -0.416 e. The molecule has 0 aliphatic carbocycles. The van der Waals surface area contributed by atoms with Gasteiger partial charge in [-0.3, -0.25) is 15.5 Å². The van der Waals surface area contributed by atoms with E-state index in [0.717, 1.165) is 0 Å². The predicted molar refractivity (Wildman–Crippen MR) is 75.5 cm³/mol. The number of nitrogen functional groups attached to an aromatic ring is 1. The van der Waals surface area contributed by atoms with Gasteiger partial charge in [0.2, 0.25) is 5.75 Å². The normalized spacial score (nSPS) is 9.90. The van der Waals surface area contributed by atoms with Crippen molar-refractivity contribution in [1.82, 2.24) is 0 Å². The second-order valence-corrected chi connectivity index (χ2v) is 4.11. The van der Waals surface area contributed by atoms with Crippen molar-refractivity contribution in [2.75, 3.05) is 0 Å². The molecule has 0 spiro atoms. The molecule has 0 aliphatic rings. The number of benzene rings is 2. The van der Waals surface area contributed by atoms with Crippen LogP contribution in [0.15, 0.2) is 48.5 Å². The number of hydrogen-bond donors (Lipinski definition) is 2. The smallest absolute Gasteiger partial charge is 0.343 e. The van der Waals surface area contributed by atoms with Crippen molar-refractivity contribution in [3.63, 3.8) is 0 Å². The summed E-state index contributed by atoms with van der Waals surface area (Å²) in [6, 6.07) is 11.5. The zero-order chi connectivity index (χ0) is 15.4. The largest absolute Gasteiger partial charge is 0.416 e. The Morgan fingerprint density at radius 1 is 1.10 bits per heavy atom. The maximum absolute atomic E-state index is 11.9. The molecule has 3 N–H and O–H groups in total. The molecule has 7 heteroatoms. The number of amidine groups is 1. The molecule has 7 nitrogen and oxygen atoms in total. The number of nitro benzene ring substituents is 1. The Kier molecular flexibility index (Phi) is 3.94. The first kappa shape index (κ1) is 14.2. The number of para-hydroxylation sites is 2. The molecule has 2 aromatic rings. The van der Waals surface area contributed by atoms with E-state index in [1.54, 1.807) is 0 Å². The SMILES string of the molecule is N=C(N)c1ccc(C(=O)Oc2ccccc2[N+](=O)[O-])cc1. The molecule has 0 heterocycles. The fraction of sp³-hybridized carbons (Fsp3) is 0. The number of esters is 1. The average molecular weight is 285 g/mol. The van der Waals surface area contributed by atoms with Crippen molar-refractivity contribution in [3.8, 4) is 5.75 Å². The lowest BCUT2D eigenvalue weighted by Gasteiger charge is -2.05. The Morgan fingerprint density at radius 2 is 1.67 bits per heavy atom. The molecular weight excluding hydrogens is 274 g/mol.